The van der Waals surface area contributed by atoms with Crippen LogP contribution in [0.5, 0.6) is 0 Å². The number of anilines is 1. The highest BCUT2D eigenvalue weighted by molar-refractivity contribution is 6.38. The Morgan fingerprint density at radius 3 is 2.38 bits per heavy atom. The van der Waals surface area contributed by atoms with Gasteiger partial charge in [-0.05, 0) is 43.2 Å². The molecular weight excluding hydrogens is 537 g/mol. The van der Waals surface area contributed by atoms with Crippen molar-refractivity contribution in [3.8, 4) is 22.9 Å². The number of amides is 1. The van der Waals surface area contributed by atoms with Crippen molar-refractivity contribution in [2.75, 3.05) is 18.8 Å². The van der Waals surface area contributed by atoms with Gasteiger partial charge >= 0.3 is 0 Å². The Balaban J connectivity index is 1.29. The van der Waals surface area contributed by atoms with Gasteiger partial charge in [0.05, 0.1) is 27.2 Å². The molecule has 11 heteroatoms. The van der Waals surface area contributed by atoms with E-state index in [0.29, 0.717) is 51.0 Å². The molecule has 0 radical (unpaired) electrons. The number of allylic oxidation sites excluding steroid dienone is 1. The first-order valence-electron chi connectivity index (χ1n) is 12.3. The minimum absolute atomic E-state index is 0.0436. The summed E-state index contributed by atoms with van der Waals surface area (Å²) in [6, 6.07) is 16.2. The summed E-state index contributed by atoms with van der Waals surface area (Å²) in [5.74, 6) is 0.584. The fraction of sp³-hybridized carbons (Fsp3) is 0.179. The molecule has 1 amide bonds. The molecule has 39 heavy (non-hydrogen) atoms. The van der Waals surface area contributed by atoms with Crippen LogP contribution in [0.2, 0.25) is 10.0 Å². The van der Waals surface area contributed by atoms with Crippen LogP contribution in [0, 0.1) is 0 Å². The third-order valence-electron chi connectivity index (χ3n) is 6.46. The summed E-state index contributed by atoms with van der Waals surface area (Å²) in [6.07, 6.45) is 6.30. The van der Waals surface area contributed by atoms with Gasteiger partial charge in [-0.25, -0.2) is 4.98 Å². The SMILES string of the molecule is NC=C(C=NC1CCN(C(=O)c2ccccc2)CC1)c1cnc(N)c(-c2nnc(-c3c(Cl)cccc3Cl)o2)c1. The molecule has 1 fully saturated rings. The second kappa shape index (κ2) is 11.7. The minimum atomic E-state index is 0.0436. The Hall–Kier alpha value is -4.21. The summed E-state index contributed by atoms with van der Waals surface area (Å²) in [7, 11) is 0. The molecule has 3 heterocycles. The van der Waals surface area contributed by atoms with E-state index in [-0.39, 0.29) is 29.5 Å². The van der Waals surface area contributed by atoms with Crippen molar-refractivity contribution in [2.45, 2.75) is 18.9 Å². The first kappa shape index (κ1) is 26.4. The zero-order valence-electron chi connectivity index (χ0n) is 20.8. The molecule has 5 rings (SSSR count). The number of benzene rings is 2. The van der Waals surface area contributed by atoms with Crippen molar-refractivity contribution >= 4 is 46.7 Å². The average molecular weight is 562 g/mol. The number of nitrogens with two attached hydrogens (primary N) is 2. The van der Waals surface area contributed by atoms with E-state index < -0.39 is 0 Å². The monoisotopic (exact) mass is 561 g/mol. The Kier molecular flexibility index (Phi) is 7.90. The molecule has 0 aliphatic carbocycles. The van der Waals surface area contributed by atoms with E-state index in [1.54, 1.807) is 36.7 Å². The number of aliphatic imine (C=N–C) groups is 1. The van der Waals surface area contributed by atoms with Crippen LogP contribution >= 0.6 is 23.2 Å². The van der Waals surface area contributed by atoms with E-state index in [1.807, 2.05) is 35.2 Å². The number of hydrogen-bond donors (Lipinski definition) is 2. The number of likely N-dealkylation sites (tertiary alicyclic amines) is 1. The van der Waals surface area contributed by atoms with Crippen molar-refractivity contribution in [1.29, 1.82) is 0 Å². The summed E-state index contributed by atoms with van der Waals surface area (Å²) in [5, 5.41) is 8.99. The summed E-state index contributed by atoms with van der Waals surface area (Å²) in [5.41, 5.74) is 15.0. The number of halogens is 2. The van der Waals surface area contributed by atoms with Crippen LogP contribution < -0.4 is 11.5 Å². The van der Waals surface area contributed by atoms with Crippen molar-refractivity contribution in [2.24, 2.45) is 10.7 Å². The van der Waals surface area contributed by atoms with Gasteiger partial charge in [0, 0.05) is 48.4 Å². The van der Waals surface area contributed by atoms with Gasteiger partial charge in [-0.1, -0.05) is 47.5 Å². The summed E-state index contributed by atoms with van der Waals surface area (Å²) in [4.78, 5) is 23.6. The highest BCUT2D eigenvalue weighted by Gasteiger charge is 2.23. The molecule has 2 aromatic heterocycles. The van der Waals surface area contributed by atoms with E-state index >= 15 is 0 Å². The number of carbonyl (C=O) groups is 1. The largest absolute Gasteiger partial charge is 0.416 e. The fourth-order valence-electron chi connectivity index (χ4n) is 4.32. The number of pyridine rings is 1. The van der Waals surface area contributed by atoms with Gasteiger partial charge in [0.2, 0.25) is 0 Å². The number of rotatable bonds is 6. The third-order valence-corrected chi connectivity index (χ3v) is 7.09. The summed E-state index contributed by atoms with van der Waals surface area (Å²) in [6.45, 7) is 1.28. The van der Waals surface area contributed by atoms with Crippen LogP contribution in [0.25, 0.3) is 28.5 Å². The molecule has 1 aliphatic heterocycles. The summed E-state index contributed by atoms with van der Waals surface area (Å²) < 4.78 is 5.86. The Morgan fingerprint density at radius 2 is 1.69 bits per heavy atom. The number of nitrogens with zero attached hydrogens (tertiary/aromatic N) is 5. The molecule has 1 aliphatic rings. The van der Waals surface area contributed by atoms with Crippen molar-refractivity contribution in [1.82, 2.24) is 20.1 Å². The van der Waals surface area contributed by atoms with E-state index in [9.17, 15) is 4.79 Å². The predicted octanol–water partition coefficient (Wildman–Crippen LogP) is 5.36. The second-order valence-corrected chi connectivity index (χ2v) is 9.77. The number of carbonyl (C=O) groups excluding carboxylic acids is 1. The first-order chi connectivity index (χ1) is 18.9. The minimum Gasteiger partial charge on any atom is -0.416 e. The summed E-state index contributed by atoms with van der Waals surface area (Å²) >= 11 is 12.6. The molecule has 0 spiro atoms. The standard InChI is InChI=1S/C28H25Cl2N7O2/c29-22-7-4-8-23(30)24(22)27-36-35-26(39-27)21-13-18(15-34-25(21)32)19(14-31)16-33-20-9-11-37(12-10-20)28(38)17-5-2-1-3-6-17/h1-8,13-16,20H,9-12,31H2,(H2,32,34). The van der Waals surface area contributed by atoms with Crippen molar-refractivity contribution in [3.63, 3.8) is 0 Å². The normalized spacial score (nSPS) is 14.7. The van der Waals surface area contributed by atoms with Crippen LogP contribution in [0.1, 0.15) is 28.8 Å². The molecule has 198 valence electrons. The quantitative estimate of drug-likeness (QED) is 0.302. The highest BCUT2D eigenvalue weighted by Crippen LogP contribution is 2.36. The van der Waals surface area contributed by atoms with Crippen molar-refractivity contribution in [3.05, 3.63) is 88.2 Å². The Morgan fingerprint density at radius 1 is 1.00 bits per heavy atom. The van der Waals surface area contributed by atoms with Crippen LogP contribution in [0.15, 0.2) is 76.4 Å². The van der Waals surface area contributed by atoms with Gasteiger partial charge in [-0.2, -0.15) is 0 Å². The maximum Gasteiger partial charge on any atom is 0.253 e. The predicted molar refractivity (Wildman–Crippen MR) is 153 cm³/mol. The van der Waals surface area contributed by atoms with Gasteiger partial charge < -0.3 is 20.8 Å². The molecule has 4 N–H and O–H groups in total. The number of hydrogen-bond acceptors (Lipinski definition) is 8. The molecule has 0 saturated carbocycles. The first-order valence-corrected chi connectivity index (χ1v) is 13.0. The zero-order chi connectivity index (χ0) is 27.4. The van der Waals surface area contributed by atoms with E-state index in [1.165, 1.54) is 6.20 Å². The third kappa shape index (κ3) is 5.79. The van der Waals surface area contributed by atoms with Gasteiger partial charge in [-0.3, -0.25) is 9.79 Å². The number of nitrogen functional groups attached to an aromatic ring is 1. The smallest absolute Gasteiger partial charge is 0.253 e. The number of aromatic nitrogens is 3. The van der Waals surface area contributed by atoms with Crippen LogP contribution in [-0.2, 0) is 0 Å². The maximum atomic E-state index is 12.7. The molecule has 1 saturated heterocycles. The average Bonchev–Trinajstić information content (AvgIpc) is 3.44. The molecule has 0 atom stereocenters. The van der Waals surface area contributed by atoms with Gasteiger partial charge in [-0.15, -0.1) is 10.2 Å². The fourth-order valence-corrected chi connectivity index (χ4v) is 4.88. The zero-order valence-corrected chi connectivity index (χ0v) is 22.3. The van der Waals surface area contributed by atoms with Gasteiger partial charge in [0.1, 0.15) is 5.82 Å². The van der Waals surface area contributed by atoms with Gasteiger partial charge in [0.15, 0.2) is 0 Å². The lowest BCUT2D eigenvalue weighted by atomic mass is 10.0. The topological polar surface area (TPSA) is 137 Å². The Labute approximate surface area is 235 Å². The lowest BCUT2D eigenvalue weighted by Gasteiger charge is -2.30. The molecule has 0 unspecified atom stereocenters. The maximum absolute atomic E-state index is 12.7. The van der Waals surface area contributed by atoms with Gasteiger partial charge in [0.25, 0.3) is 17.7 Å². The van der Waals surface area contributed by atoms with Crippen LogP contribution in [0.4, 0.5) is 5.82 Å². The molecule has 9 nitrogen and oxygen atoms in total. The molecular formula is C28H25Cl2N7O2. The number of piperidine rings is 1. The van der Waals surface area contributed by atoms with E-state index in [4.69, 9.17) is 44.1 Å². The van der Waals surface area contributed by atoms with E-state index in [2.05, 4.69) is 15.2 Å². The molecule has 0 bridgehead atoms. The lowest BCUT2D eigenvalue weighted by Crippen LogP contribution is -2.39. The van der Waals surface area contributed by atoms with Crippen LogP contribution in [-0.4, -0.2) is 51.3 Å². The molecule has 2 aromatic carbocycles. The Bertz CT molecular complexity index is 1520. The second-order valence-electron chi connectivity index (χ2n) is 8.96. The van der Waals surface area contributed by atoms with E-state index in [0.717, 1.165) is 12.8 Å². The van der Waals surface area contributed by atoms with Crippen molar-refractivity contribution < 1.29 is 9.21 Å². The highest BCUT2D eigenvalue weighted by atomic mass is 35.5. The van der Waals surface area contributed by atoms with Crippen LogP contribution in [0.3, 0.4) is 0 Å². The lowest BCUT2D eigenvalue weighted by molar-refractivity contribution is 0.0715. The molecule has 4 aromatic rings.